The van der Waals surface area contributed by atoms with Crippen molar-refractivity contribution in [3.8, 4) is 0 Å². The highest BCUT2D eigenvalue weighted by atomic mass is 16.5. The molecule has 3 rings (SSSR count). The molecule has 9 heteroatoms. The van der Waals surface area contributed by atoms with Gasteiger partial charge in [0, 0.05) is 25.1 Å². The number of amides is 1. The third-order valence-corrected chi connectivity index (χ3v) is 3.87. The molecular formula is C15H18N6O3. The molecule has 3 aromatic heterocycles. The summed E-state index contributed by atoms with van der Waals surface area (Å²) in [5, 5.41) is 6.68. The number of carbonyl (C=O) groups excluding carboxylic acids is 1. The number of carbonyl (C=O) groups is 1. The normalized spacial score (nSPS) is 11.1. The molecule has 9 nitrogen and oxygen atoms in total. The maximum absolute atomic E-state index is 12.0. The van der Waals surface area contributed by atoms with Crippen molar-refractivity contribution < 1.29 is 9.32 Å². The second kappa shape index (κ2) is 6.65. The minimum Gasteiger partial charge on any atom is -0.361 e. The highest BCUT2D eigenvalue weighted by molar-refractivity contribution is 5.76. The zero-order chi connectivity index (χ0) is 17.1. The van der Waals surface area contributed by atoms with Crippen LogP contribution in [-0.4, -0.2) is 37.1 Å². The summed E-state index contributed by atoms with van der Waals surface area (Å²) in [6.07, 6.45) is 3.85. The zero-order valence-electron chi connectivity index (χ0n) is 13.5. The lowest BCUT2D eigenvalue weighted by molar-refractivity contribution is -0.121. The Morgan fingerprint density at radius 1 is 1.42 bits per heavy atom. The molecule has 0 aliphatic carbocycles. The van der Waals surface area contributed by atoms with Crippen LogP contribution in [0.2, 0.25) is 0 Å². The first kappa shape index (κ1) is 15.9. The summed E-state index contributed by atoms with van der Waals surface area (Å²) in [4.78, 5) is 34.4. The molecule has 0 fully saturated rings. The fraction of sp³-hybridized carbons (Fsp3) is 0.400. The molecule has 3 aromatic rings. The Bertz CT molecular complexity index is 903. The van der Waals surface area contributed by atoms with Gasteiger partial charge in [0.2, 0.25) is 5.91 Å². The fourth-order valence-electron chi connectivity index (χ4n) is 2.61. The first-order chi connectivity index (χ1) is 11.6. The number of aromatic amines is 1. The van der Waals surface area contributed by atoms with Crippen molar-refractivity contribution in [2.75, 3.05) is 6.54 Å². The molecule has 0 aliphatic rings. The highest BCUT2D eigenvalue weighted by Gasteiger charge is 2.12. The SMILES string of the molecule is Cc1noc(C)c1CCC(=O)NCCn1c(=O)[nH]c2cncnc21. The molecular weight excluding hydrogens is 312 g/mol. The van der Waals surface area contributed by atoms with Gasteiger partial charge in [0.05, 0.1) is 11.9 Å². The van der Waals surface area contributed by atoms with Crippen LogP contribution in [0.15, 0.2) is 21.8 Å². The number of nitrogens with one attached hydrogen (secondary N) is 2. The van der Waals surface area contributed by atoms with Crippen LogP contribution in [0.4, 0.5) is 0 Å². The first-order valence-electron chi connectivity index (χ1n) is 7.63. The van der Waals surface area contributed by atoms with Crippen molar-refractivity contribution in [3.05, 3.63) is 40.0 Å². The molecule has 0 bridgehead atoms. The molecule has 0 aromatic carbocycles. The third kappa shape index (κ3) is 3.19. The van der Waals surface area contributed by atoms with Gasteiger partial charge in [0.1, 0.15) is 17.6 Å². The summed E-state index contributed by atoms with van der Waals surface area (Å²) in [6.45, 7) is 4.37. The van der Waals surface area contributed by atoms with E-state index in [9.17, 15) is 9.59 Å². The molecule has 24 heavy (non-hydrogen) atoms. The van der Waals surface area contributed by atoms with Gasteiger partial charge in [-0.2, -0.15) is 0 Å². The Hall–Kier alpha value is -2.97. The topological polar surface area (TPSA) is 119 Å². The van der Waals surface area contributed by atoms with Gasteiger partial charge in [-0.15, -0.1) is 0 Å². The van der Waals surface area contributed by atoms with E-state index in [0.29, 0.717) is 37.1 Å². The molecule has 0 saturated carbocycles. The van der Waals surface area contributed by atoms with E-state index >= 15 is 0 Å². The summed E-state index contributed by atoms with van der Waals surface area (Å²) in [6, 6.07) is 0. The molecule has 0 atom stereocenters. The summed E-state index contributed by atoms with van der Waals surface area (Å²) < 4.78 is 6.55. The Kier molecular flexibility index (Phi) is 4.41. The van der Waals surface area contributed by atoms with E-state index in [1.807, 2.05) is 13.8 Å². The van der Waals surface area contributed by atoms with E-state index in [2.05, 4.69) is 25.4 Å². The van der Waals surface area contributed by atoms with Gasteiger partial charge < -0.3 is 14.8 Å². The van der Waals surface area contributed by atoms with Crippen molar-refractivity contribution in [3.63, 3.8) is 0 Å². The summed E-state index contributed by atoms with van der Waals surface area (Å²) in [5.41, 5.74) is 2.61. The number of aromatic nitrogens is 5. The highest BCUT2D eigenvalue weighted by Crippen LogP contribution is 2.14. The predicted molar refractivity (Wildman–Crippen MR) is 85.5 cm³/mol. The van der Waals surface area contributed by atoms with Crippen molar-refractivity contribution in [1.29, 1.82) is 0 Å². The summed E-state index contributed by atoms with van der Waals surface area (Å²) in [5.74, 6) is 0.655. The number of hydrogen-bond donors (Lipinski definition) is 2. The molecule has 0 spiro atoms. The van der Waals surface area contributed by atoms with Crippen molar-refractivity contribution in [1.82, 2.24) is 30.0 Å². The van der Waals surface area contributed by atoms with E-state index in [1.165, 1.54) is 10.9 Å². The molecule has 1 amide bonds. The first-order valence-corrected chi connectivity index (χ1v) is 7.63. The van der Waals surface area contributed by atoms with Crippen LogP contribution in [0.25, 0.3) is 11.2 Å². The summed E-state index contributed by atoms with van der Waals surface area (Å²) >= 11 is 0. The average Bonchev–Trinajstić information content (AvgIpc) is 3.05. The number of aryl methyl sites for hydroxylation is 2. The van der Waals surface area contributed by atoms with Crippen LogP contribution >= 0.6 is 0 Å². The fourth-order valence-corrected chi connectivity index (χ4v) is 2.61. The molecule has 2 N–H and O–H groups in total. The van der Waals surface area contributed by atoms with Crippen molar-refractivity contribution >= 4 is 17.1 Å². The lowest BCUT2D eigenvalue weighted by atomic mass is 10.1. The molecule has 126 valence electrons. The van der Waals surface area contributed by atoms with E-state index in [-0.39, 0.29) is 11.6 Å². The number of fused-ring (bicyclic) bond motifs is 1. The van der Waals surface area contributed by atoms with E-state index in [0.717, 1.165) is 17.0 Å². The molecule has 3 heterocycles. The molecule has 0 radical (unpaired) electrons. The van der Waals surface area contributed by atoms with E-state index in [4.69, 9.17) is 4.52 Å². The number of nitrogens with zero attached hydrogens (tertiary/aromatic N) is 4. The average molecular weight is 330 g/mol. The van der Waals surface area contributed by atoms with Gasteiger partial charge in [-0.1, -0.05) is 5.16 Å². The van der Waals surface area contributed by atoms with Crippen LogP contribution < -0.4 is 11.0 Å². The summed E-state index contributed by atoms with van der Waals surface area (Å²) in [7, 11) is 0. The number of hydrogen-bond acceptors (Lipinski definition) is 6. The van der Waals surface area contributed by atoms with Crippen LogP contribution in [-0.2, 0) is 17.8 Å². The van der Waals surface area contributed by atoms with Crippen LogP contribution in [0.1, 0.15) is 23.4 Å². The minimum absolute atomic E-state index is 0.0856. The monoisotopic (exact) mass is 330 g/mol. The molecule has 0 aliphatic heterocycles. The maximum atomic E-state index is 12.0. The number of rotatable bonds is 6. The standard InChI is InChI=1S/C15H18N6O3/c1-9-11(10(2)24-20-9)3-4-13(22)17-5-6-21-14-12(19-15(21)23)7-16-8-18-14/h7-8H,3-6H2,1-2H3,(H,17,22)(H,19,23). The Balaban J connectivity index is 1.53. The second-order valence-electron chi connectivity index (χ2n) is 5.49. The van der Waals surface area contributed by atoms with Crippen LogP contribution in [0.5, 0.6) is 0 Å². The van der Waals surface area contributed by atoms with Gasteiger partial charge in [-0.05, 0) is 20.3 Å². The largest absolute Gasteiger partial charge is 0.361 e. The molecule has 0 saturated heterocycles. The van der Waals surface area contributed by atoms with Crippen LogP contribution in [0.3, 0.4) is 0 Å². The zero-order valence-corrected chi connectivity index (χ0v) is 13.5. The lowest BCUT2D eigenvalue weighted by Crippen LogP contribution is -2.30. The van der Waals surface area contributed by atoms with E-state index < -0.39 is 0 Å². The number of imidazole rings is 1. The second-order valence-corrected chi connectivity index (χ2v) is 5.49. The smallest absolute Gasteiger partial charge is 0.327 e. The predicted octanol–water partition coefficient (Wildman–Crippen LogP) is 0.473. The van der Waals surface area contributed by atoms with Crippen molar-refractivity contribution in [2.24, 2.45) is 0 Å². The molecule has 0 unspecified atom stereocenters. The quantitative estimate of drug-likeness (QED) is 0.678. The van der Waals surface area contributed by atoms with Gasteiger partial charge >= 0.3 is 5.69 Å². The maximum Gasteiger partial charge on any atom is 0.327 e. The number of H-pyrrole nitrogens is 1. The minimum atomic E-state index is -0.268. The third-order valence-electron chi connectivity index (χ3n) is 3.87. The Morgan fingerprint density at radius 3 is 3.00 bits per heavy atom. The van der Waals surface area contributed by atoms with Gasteiger partial charge in [-0.25, -0.2) is 14.8 Å². The Morgan fingerprint density at radius 2 is 2.25 bits per heavy atom. The lowest BCUT2D eigenvalue weighted by Gasteiger charge is -2.06. The van der Waals surface area contributed by atoms with Gasteiger partial charge in [0.25, 0.3) is 0 Å². The van der Waals surface area contributed by atoms with Crippen molar-refractivity contribution in [2.45, 2.75) is 33.2 Å². The van der Waals surface area contributed by atoms with Gasteiger partial charge in [0.15, 0.2) is 5.65 Å². The van der Waals surface area contributed by atoms with Gasteiger partial charge in [-0.3, -0.25) is 9.36 Å². The van der Waals surface area contributed by atoms with E-state index in [1.54, 1.807) is 6.20 Å². The Labute approximate surface area is 137 Å². The van der Waals surface area contributed by atoms with Crippen LogP contribution in [0, 0.1) is 13.8 Å².